The van der Waals surface area contributed by atoms with E-state index in [1.165, 1.54) is 0 Å². The van der Waals surface area contributed by atoms with E-state index in [9.17, 15) is 15.0 Å². The highest BCUT2D eigenvalue weighted by molar-refractivity contribution is 5.86. The molecule has 0 radical (unpaired) electrons. The smallest absolute Gasteiger partial charge is 0.255 e. The largest absolute Gasteiger partial charge is 0.393 e. The third-order valence-electron chi connectivity index (χ3n) is 10.0. The Morgan fingerprint density at radius 2 is 1.84 bits per heavy atom. The normalized spacial score (nSPS) is 40.9. The number of aliphatic hydroxyl groups excluding tert-OH is 1. The van der Waals surface area contributed by atoms with E-state index in [-0.39, 0.29) is 43.1 Å². The molecule has 0 aliphatic heterocycles. The number of benzene rings is 1. The lowest BCUT2D eigenvalue weighted by Crippen LogP contribution is -2.63. The number of rotatable bonds is 1. The number of pyridine rings is 1. The van der Waals surface area contributed by atoms with Gasteiger partial charge in [0.25, 0.3) is 5.56 Å². The molecule has 37 heavy (non-hydrogen) atoms. The average Bonchev–Trinajstić information content (AvgIpc) is 3.16. The van der Waals surface area contributed by atoms with Crippen molar-refractivity contribution in [2.75, 3.05) is 14.1 Å². The van der Waals surface area contributed by atoms with Gasteiger partial charge in [-0.25, -0.2) is 8.78 Å². The van der Waals surface area contributed by atoms with Crippen LogP contribution in [0.15, 0.2) is 41.3 Å². The number of hydrogen-bond donors (Lipinski definition) is 4. The van der Waals surface area contributed by atoms with Crippen molar-refractivity contribution in [2.24, 2.45) is 17.3 Å². The maximum absolute atomic E-state index is 16.8. The summed E-state index contributed by atoms with van der Waals surface area (Å²) in [6.07, 6.45) is 5.66. The van der Waals surface area contributed by atoms with Gasteiger partial charge in [0.05, 0.1) is 6.10 Å². The molecule has 3 fully saturated rings. The summed E-state index contributed by atoms with van der Waals surface area (Å²) in [6, 6.07) is 7.65. The van der Waals surface area contributed by atoms with Gasteiger partial charge in [0.2, 0.25) is 0 Å². The molecule has 1 aromatic heterocycles. The lowest BCUT2D eigenvalue weighted by molar-refractivity contribution is -0.201. The zero-order valence-corrected chi connectivity index (χ0v) is 22.1. The zero-order valence-electron chi connectivity index (χ0n) is 22.1. The predicted octanol–water partition coefficient (Wildman–Crippen LogP) is 5.06. The first-order valence-electron chi connectivity index (χ1n) is 13.7. The van der Waals surface area contributed by atoms with E-state index in [4.69, 9.17) is 0 Å². The van der Waals surface area contributed by atoms with Crippen LogP contribution in [0.1, 0.15) is 70.3 Å². The number of hydrogen-bond acceptors (Lipinski definition) is 4. The van der Waals surface area contributed by atoms with Crippen LogP contribution >= 0.6 is 0 Å². The van der Waals surface area contributed by atoms with E-state index in [2.05, 4.69) is 23.3 Å². The Morgan fingerprint density at radius 3 is 2.59 bits per heavy atom. The van der Waals surface area contributed by atoms with Gasteiger partial charge in [-0.2, -0.15) is 0 Å². The molecule has 0 amide bonds. The third-order valence-corrected chi connectivity index (χ3v) is 10.0. The molecule has 6 rings (SSSR count). The van der Waals surface area contributed by atoms with Crippen LogP contribution in [0, 0.1) is 17.3 Å². The number of aliphatic hydroxyl groups is 2. The maximum atomic E-state index is 16.8. The topological polar surface area (TPSA) is 85.3 Å². The monoisotopic (exact) mass is 514 g/mol. The van der Waals surface area contributed by atoms with Crippen molar-refractivity contribution in [2.45, 2.75) is 87.8 Å². The Hall–Kier alpha value is -2.09. The average molecular weight is 515 g/mol. The van der Waals surface area contributed by atoms with E-state index >= 15 is 8.78 Å². The minimum absolute atomic E-state index is 0.0267. The highest BCUT2D eigenvalue weighted by atomic mass is 19.2. The molecule has 4 aliphatic rings. The second-order valence-corrected chi connectivity index (χ2v) is 12.2. The third kappa shape index (κ3) is 4.09. The predicted molar refractivity (Wildman–Crippen MR) is 143 cm³/mol. The molecule has 4 N–H and O–H groups in total. The molecule has 5 nitrogen and oxygen atoms in total. The van der Waals surface area contributed by atoms with Gasteiger partial charge in [-0.1, -0.05) is 19.1 Å². The number of fused-ring (bicyclic) bond motifs is 5. The molecule has 4 aliphatic carbocycles. The summed E-state index contributed by atoms with van der Waals surface area (Å²) in [5.74, 6) is -0.644. The Balaban J connectivity index is 0.000000892. The summed E-state index contributed by atoms with van der Waals surface area (Å²) in [7, 11) is 3.75. The Morgan fingerprint density at radius 1 is 1.08 bits per heavy atom. The second-order valence-electron chi connectivity index (χ2n) is 12.2. The number of H-pyrrole nitrogens is 1. The minimum atomic E-state index is -2.00. The Kier molecular flexibility index (Phi) is 6.65. The highest BCUT2D eigenvalue weighted by Crippen LogP contribution is 2.67. The fourth-order valence-electron chi connectivity index (χ4n) is 8.17. The minimum Gasteiger partial charge on any atom is -0.393 e. The van der Waals surface area contributed by atoms with Crippen molar-refractivity contribution in [3.63, 3.8) is 0 Å². The SMILES string of the molecule is CC12CCC3(F)CC4(F)CC(O)CCC4CC[C@]3(O)C1CC=C2c1ccc2c(=O)[nH]ccc2c1.CNC. The number of aromatic nitrogens is 1. The Labute approximate surface area is 217 Å². The van der Waals surface area contributed by atoms with Gasteiger partial charge in [0.15, 0.2) is 0 Å². The summed E-state index contributed by atoms with van der Waals surface area (Å²) < 4.78 is 32.9. The lowest BCUT2D eigenvalue weighted by Gasteiger charge is -2.56. The molecule has 7 atom stereocenters. The summed E-state index contributed by atoms with van der Waals surface area (Å²) in [5.41, 5.74) is -3.85. The van der Waals surface area contributed by atoms with Crippen LogP contribution in [0.25, 0.3) is 16.3 Å². The van der Waals surface area contributed by atoms with E-state index in [1.807, 2.05) is 38.4 Å². The first-order valence-corrected chi connectivity index (χ1v) is 13.7. The van der Waals surface area contributed by atoms with Crippen LogP contribution in [-0.2, 0) is 0 Å². The van der Waals surface area contributed by atoms with E-state index in [0.29, 0.717) is 37.5 Å². The quantitative estimate of drug-likeness (QED) is 0.429. The molecular formula is C30H40F2N2O3. The highest BCUT2D eigenvalue weighted by Gasteiger charge is 2.69. The Bertz CT molecular complexity index is 1260. The van der Waals surface area contributed by atoms with Crippen molar-refractivity contribution >= 4 is 16.3 Å². The van der Waals surface area contributed by atoms with Crippen molar-refractivity contribution in [3.8, 4) is 0 Å². The summed E-state index contributed by atoms with van der Waals surface area (Å²) in [4.78, 5) is 14.8. The van der Waals surface area contributed by atoms with Crippen LogP contribution in [0.5, 0.6) is 0 Å². The zero-order chi connectivity index (χ0) is 26.6. The van der Waals surface area contributed by atoms with Crippen LogP contribution in [0.4, 0.5) is 8.78 Å². The fourth-order valence-corrected chi connectivity index (χ4v) is 8.17. The van der Waals surface area contributed by atoms with Gasteiger partial charge in [0, 0.05) is 30.3 Å². The molecule has 2 aromatic rings. The van der Waals surface area contributed by atoms with Crippen molar-refractivity contribution in [1.82, 2.24) is 10.3 Å². The lowest BCUT2D eigenvalue weighted by atomic mass is 9.52. The molecule has 1 aromatic carbocycles. The van der Waals surface area contributed by atoms with Crippen LogP contribution in [-0.4, -0.2) is 52.3 Å². The van der Waals surface area contributed by atoms with Gasteiger partial charge in [-0.3, -0.25) is 4.79 Å². The molecular weight excluding hydrogens is 474 g/mol. The summed E-state index contributed by atoms with van der Waals surface area (Å²) in [5, 5.41) is 26.4. The van der Waals surface area contributed by atoms with Crippen molar-refractivity contribution in [3.05, 3.63) is 52.5 Å². The maximum Gasteiger partial charge on any atom is 0.255 e. The first-order chi connectivity index (χ1) is 17.5. The molecule has 0 spiro atoms. The molecule has 7 heteroatoms. The second kappa shape index (κ2) is 9.28. The van der Waals surface area contributed by atoms with Crippen LogP contribution in [0.3, 0.4) is 0 Å². The molecule has 1 heterocycles. The number of halogens is 2. The van der Waals surface area contributed by atoms with E-state index < -0.39 is 28.5 Å². The number of aromatic amines is 1. The van der Waals surface area contributed by atoms with Crippen LogP contribution < -0.4 is 10.9 Å². The standard InChI is InChI=1S/C28H33F2NO3.C2H7N/c1-25-11-12-27(30)16-26(29)15-20(32)4-3-19(26)8-10-28(27,34)23(25)7-6-22(25)18-2-5-21-17(14-18)9-13-31-24(21)33;1-3-2/h2,5-6,9,13-14,19-20,23,32,34H,3-4,7-8,10-12,15-16H2,1H3,(H,31,33);3H,1-2H3/t19?,20?,23?,25?,26?,27?,28-;/m0./s1. The molecule has 0 bridgehead atoms. The van der Waals surface area contributed by atoms with Gasteiger partial charge < -0.3 is 20.5 Å². The summed E-state index contributed by atoms with van der Waals surface area (Å²) in [6.45, 7) is 2.11. The van der Waals surface area contributed by atoms with Gasteiger partial charge in [-0.05, 0) is 105 Å². The number of alkyl halides is 2. The number of nitrogens with one attached hydrogen (secondary N) is 2. The fraction of sp³-hybridized carbons (Fsp3) is 0.633. The van der Waals surface area contributed by atoms with Gasteiger partial charge in [0.1, 0.15) is 16.9 Å². The van der Waals surface area contributed by atoms with Crippen molar-refractivity contribution in [1.29, 1.82) is 0 Å². The first kappa shape index (κ1) is 26.5. The molecule has 3 saturated carbocycles. The van der Waals surface area contributed by atoms with Gasteiger partial charge in [-0.15, -0.1) is 0 Å². The van der Waals surface area contributed by atoms with Gasteiger partial charge >= 0.3 is 0 Å². The molecule has 6 unspecified atom stereocenters. The van der Waals surface area contributed by atoms with E-state index in [0.717, 1.165) is 16.5 Å². The number of allylic oxidation sites excluding steroid dienone is 2. The molecule has 202 valence electrons. The van der Waals surface area contributed by atoms with E-state index in [1.54, 1.807) is 6.20 Å². The van der Waals surface area contributed by atoms with Crippen molar-refractivity contribution < 1.29 is 19.0 Å². The van der Waals surface area contributed by atoms with Crippen LogP contribution in [0.2, 0.25) is 0 Å². The summed E-state index contributed by atoms with van der Waals surface area (Å²) >= 11 is 0. The molecule has 0 saturated heterocycles.